The van der Waals surface area contributed by atoms with Crippen LogP contribution < -0.4 is 10.2 Å². The van der Waals surface area contributed by atoms with Gasteiger partial charge in [-0.1, -0.05) is 0 Å². The van der Waals surface area contributed by atoms with Gasteiger partial charge in [0.25, 0.3) is 5.91 Å². The van der Waals surface area contributed by atoms with Crippen LogP contribution in [-0.2, 0) is 20.5 Å². The van der Waals surface area contributed by atoms with Crippen LogP contribution in [0.2, 0.25) is 0 Å². The summed E-state index contributed by atoms with van der Waals surface area (Å²) in [6.45, 7) is 0.904. The molecule has 3 heterocycles. The number of hydrogen-bond donors (Lipinski definition) is 1. The van der Waals surface area contributed by atoms with Crippen LogP contribution in [0.1, 0.15) is 23.0 Å². The number of carbonyl (C=O) groups is 3. The van der Waals surface area contributed by atoms with Crippen molar-refractivity contribution in [2.45, 2.75) is 19.2 Å². The second-order valence-corrected chi connectivity index (χ2v) is 8.44. The molecule has 7 nitrogen and oxygen atoms in total. The van der Waals surface area contributed by atoms with Gasteiger partial charge in [-0.3, -0.25) is 14.5 Å². The molecule has 0 saturated heterocycles. The molecule has 0 saturated carbocycles. The van der Waals surface area contributed by atoms with E-state index in [1.807, 2.05) is 16.8 Å². The van der Waals surface area contributed by atoms with Gasteiger partial charge in [0, 0.05) is 16.3 Å². The molecule has 32 heavy (non-hydrogen) atoms. The summed E-state index contributed by atoms with van der Waals surface area (Å²) in [6, 6.07) is 4.52. The fourth-order valence-electron chi connectivity index (χ4n) is 3.04. The van der Waals surface area contributed by atoms with Crippen molar-refractivity contribution >= 4 is 51.8 Å². The van der Waals surface area contributed by atoms with Crippen LogP contribution in [0.3, 0.4) is 0 Å². The van der Waals surface area contributed by atoms with Crippen LogP contribution in [0.15, 0.2) is 40.4 Å². The van der Waals surface area contributed by atoms with Crippen LogP contribution in [0, 0.1) is 0 Å². The maximum absolute atomic E-state index is 13.0. The summed E-state index contributed by atoms with van der Waals surface area (Å²) in [5, 5.41) is 8.22. The predicted molar refractivity (Wildman–Crippen MR) is 113 cm³/mol. The molecule has 0 bridgehead atoms. The molecule has 3 aromatic rings. The standard InChI is InChI=1S/C20H14F3N3O4S2/c1-10(30-19(29)14-9-32-17(25-14)11-4-5-31-8-11)18(28)26-7-16(27)24-13-6-12(20(21,22)23)2-3-15(13)26/h2-6,8-10H,7H2,1H3,(H,24,27). The van der Waals surface area contributed by atoms with Crippen molar-refractivity contribution in [3.05, 3.63) is 51.7 Å². The van der Waals surface area contributed by atoms with Gasteiger partial charge in [-0.05, 0) is 36.6 Å². The molecule has 1 N–H and O–H groups in total. The number of thiophene rings is 1. The molecule has 1 atom stereocenters. The zero-order valence-electron chi connectivity index (χ0n) is 16.3. The van der Waals surface area contributed by atoms with Gasteiger partial charge >= 0.3 is 12.1 Å². The van der Waals surface area contributed by atoms with Crippen LogP contribution in [-0.4, -0.2) is 35.4 Å². The quantitative estimate of drug-likeness (QED) is 0.558. The number of nitrogens with one attached hydrogen (secondary N) is 1. The Morgan fingerprint density at radius 2 is 2.03 bits per heavy atom. The summed E-state index contributed by atoms with van der Waals surface area (Å²) in [6.07, 6.45) is -5.90. The lowest BCUT2D eigenvalue weighted by Gasteiger charge is -2.31. The minimum atomic E-state index is -4.61. The van der Waals surface area contributed by atoms with Gasteiger partial charge in [-0.2, -0.15) is 24.5 Å². The first kappa shape index (κ1) is 22.0. The first-order valence-corrected chi connectivity index (χ1v) is 11.0. The van der Waals surface area contributed by atoms with Crippen LogP contribution in [0.5, 0.6) is 0 Å². The largest absolute Gasteiger partial charge is 0.448 e. The summed E-state index contributed by atoms with van der Waals surface area (Å²) >= 11 is 2.73. The van der Waals surface area contributed by atoms with Crippen molar-refractivity contribution in [2.24, 2.45) is 0 Å². The van der Waals surface area contributed by atoms with Crippen molar-refractivity contribution < 1.29 is 32.3 Å². The van der Waals surface area contributed by atoms with Crippen molar-refractivity contribution in [1.82, 2.24) is 4.98 Å². The van der Waals surface area contributed by atoms with Crippen molar-refractivity contribution in [2.75, 3.05) is 16.8 Å². The number of thiazole rings is 1. The van der Waals surface area contributed by atoms with Gasteiger partial charge in [0.1, 0.15) is 11.6 Å². The Kier molecular flexibility index (Phi) is 5.73. The Labute approximate surface area is 187 Å². The number of halogens is 3. The number of rotatable bonds is 4. The summed E-state index contributed by atoms with van der Waals surface area (Å²) in [5.74, 6) is -2.23. The highest BCUT2D eigenvalue weighted by Crippen LogP contribution is 2.37. The highest BCUT2D eigenvalue weighted by molar-refractivity contribution is 7.14. The van der Waals surface area contributed by atoms with E-state index in [0.29, 0.717) is 5.01 Å². The van der Waals surface area contributed by atoms with E-state index in [1.165, 1.54) is 35.0 Å². The first-order chi connectivity index (χ1) is 15.1. The lowest BCUT2D eigenvalue weighted by molar-refractivity contribution is -0.137. The third kappa shape index (κ3) is 4.36. The summed E-state index contributed by atoms with van der Waals surface area (Å²) in [5.41, 5.74) is -0.142. The second kappa shape index (κ2) is 8.36. The maximum Gasteiger partial charge on any atom is 0.416 e. The summed E-state index contributed by atoms with van der Waals surface area (Å²) in [4.78, 5) is 42.5. The number of aromatic nitrogens is 1. The summed E-state index contributed by atoms with van der Waals surface area (Å²) in [7, 11) is 0. The second-order valence-electron chi connectivity index (χ2n) is 6.80. The zero-order chi connectivity index (χ0) is 23.0. The van der Waals surface area contributed by atoms with Crippen molar-refractivity contribution in [1.29, 1.82) is 0 Å². The van der Waals surface area contributed by atoms with E-state index < -0.39 is 42.2 Å². The molecular weight excluding hydrogens is 467 g/mol. The maximum atomic E-state index is 13.0. The van der Waals surface area contributed by atoms with Crippen LogP contribution in [0.25, 0.3) is 10.6 Å². The van der Waals surface area contributed by atoms with E-state index in [4.69, 9.17) is 4.74 Å². The summed E-state index contributed by atoms with van der Waals surface area (Å²) < 4.78 is 44.2. The first-order valence-electron chi connectivity index (χ1n) is 9.15. The number of benzene rings is 1. The molecule has 2 aromatic heterocycles. The molecule has 1 aromatic carbocycles. The van der Waals surface area contributed by atoms with Gasteiger partial charge in [0.2, 0.25) is 5.91 Å². The predicted octanol–water partition coefficient (Wildman–Crippen LogP) is 4.42. The normalized spacial score (nSPS) is 14.5. The molecule has 0 radical (unpaired) electrons. The average molecular weight is 481 g/mol. The molecule has 2 amide bonds. The lowest BCUT2D eigenvalue weighted by Crippen LogP contribution is -2.47. The molecule has 1 unspecified atom stereocenters. The van der Waals surface area contributed by atoms with E-state index in [1.54, 1.807) is 0 Å². The van der Waals surface area contributed by atoms with E-state index in [9.17, 15) is 27.6 Å². The third-order valence-electron chi connectivity index (χ3n) is 4.57. The molecule has 1 aliphatic heterocycles. The SMILES string of the molecule is CC(OC(=O)c1csc(-c2ccsc2)n1)C(=O)N1CC(=O)Nc2cc(C(F)(F)F)ccc21. The van der Waals surface area contributed by atoms with Crippen molar-refractivity contribution in [3.8, 4) is 10.6 Å². The molecular formula is C20H14F3N3O4S2. The molecule has 166 valence electrons. The Morgan fingerprint density at radius 3 is 2.72 bits per heavy atom. The van der Waals surface area contributed by atoms with Gasteiger partial charge in [0.05, 0.1) is 16.9 Å². The third-order valence-corrected chi connectivity index (χ3v) is 6.14. The van der Waals surface area contributed by atoms with Gasteiger partial charge in [-0.15, -0.1) is 11.3 Å². The van der Waals surface area contributed by atoms with Crippen LogP contribution in [0.4, 0.5) is 24.5 Å². The highest BCUT2D eigenvalue weighted by Gasteiger charge is 2.35. The van der Waals surface area contributed by atoms with Crippen LogP contribution >= 0.6 is 22.7 Å². The molecule has 12 heteroatoms. The Balaban J connectivity index is 1.51. The lowest BCUT2D eigenvalue weighted by atomic mass is 10.1. The number of fused-ring (bicyclic) bond motifs is 1. The van der Waals surface area contributed by atoms with Gasteiger partial charge < -0.3 is 10.1 Å². The smallest absolute Gasteiger partial charge is 0.416 e. The Hall–Kier alpha value is -3.25. The average Bonchev–Trinajstić information content (AvgIpc) is 3.43. The molecule has 0 aliphatic carbocycles. The highest BCUT2D eigenvalue weighted by atomic mass is 32.1. The Morgan fingerprint density at radius 1 is 1.25 bits per heavy atom. The number of ether oxygens (including phenoxy) is 1. The number of amides is 2. The molecule has 4 rings (SSSR count). The number of nitrogens with zero attached hydrogens (tertiary/aromatic N) is 2. The van der Waals surface area contributed by atoms with Crippen molar-refractivity contribution in [3.63, 3.8) is 0 Å². The number of anilines is 2. The zero-order valence-corrected chi connectivity index (χ0v) is 17.9. The van der Waals surface area contributed by atoms with E-state index >= 15 is 0 Å². The number of esters is 1. The number of hydrogen-bond acceptors (Lipinski definition) is 7. The van der Waals surface area contributed by atoms with Gasteiger partial charge in [-0.25, -0.2) is 9.78 Å². The number of alkyl halides is 3. The fourth-order valence-corrected chi connectivity index (χ4v) is 4.54. The Bertz CT molecular complexity index is 1190. The van der Waals surface area contributed by atoms with E-state index in [0.717, 1.165) is 28.7 Å². The minimum absolute atomic E-state index is 0.0301. The monoisotopic (exact) mass is 481 g/mol. The molecule has 0 spiro atoms. The molecule has 1 aliphatic rings. The van der Waals surface area contributed by atoms with E-state index in [-0.39, 0.29) is 17.1 Å². The fraction of sp³-hybridized carbons (Fsp3) is 0.200. The minimum Gasteiger partial charge on any atom is -0.448 e. The topological polar surface area (TPSA) is 88.6 Å². The molecule has 0 fully saturated rings. The number of carbonyl (C=O) groups excluding carboxylic acids is 3. The van der Waals surface area contributed by atoms with E-state index in [2.05, 4.69) is 10.3 Å². The van der Waals surface area contributed by atoms with Gasteiger partial charge in [0.15, 0.2) is 11.8 Å².